The van der Waals surface area contributed by atoms with Gasteiger partial charge in [-0.2, -0.15) is 4.99 Å². The lowest BCUT2D eigenvalue weighted by atomic mass is 10.1. The zero-order valence-electron chi connectivity index (χ0n) is 12.7. The number of benzene rings is 2. The number of aliphatic imine (C=N–C) groups is 2. The molecule has 0 aliphatic carbocycles. The Morgan fingerprint density at radius 1 is 1.04 bits per heavy atom. The van der Waals surface area contributed by atoms with Crippen molar-refractivity contribution < 1.29 is 4.79 Å². The topological polar surface area (TPSA) is 132 Å². The van der Waals surface area contributed by atoms with Crippen molar-refractivity contribution in [3.05, 3.63) is 59.7 Å². The third-order valence-corrected chi connectivity index (χ3v) is 2.92. The lowest BCUT2D eigenvalue weighted by molar-refractivity contribution is 0.102. The van der Waals surface area contributed by atoms with Gasteiger partial charge in [0.05, 0.1) is 11.4 Å². The van der Waals surface area contributed by atoms with Gasteiger partial charge in [-0.3, -0.25) is 4.79 Å². The Labute approximate surface area is 133 Å². The number of amides is 1. The van der Waals surface area contributed by atoms with Gasteiger partial charge >= 0.3 is 0 Å². The number of nitrogens with one attached hydrogen (secondary N) is 1. The predicted octanol–water partition coefficient (Wildman–Crippen LogP) is 1.47. The summed E-state index contributed by atoms with van der Waals surface area (Å²) >= 11 is 0. The number of rotatable bonds is 3. The van der Waals surface area contributed by atoms with Crippen molar-refractivity contribution in [2.45, 2.75) is 6.92 Å². The molecule has 0 aliphatic heterocycles. The molecular formula is C16H18N6O. The van der Waals surface area contributed by atoms with Crippen molar-refractivity contribution in [1.82, 2.24) is 0 Å². The first-order valence-electron chi connectivity index (χ1n) is 6.86. The van der Waals surface area contributed by atoms with Crippen molar-refractivity contribution in [2.24, 2.45) is 27.2 Å². The predicted molar refractivity (Wildman–Crippen MR) is 92.7 cm³/mol. The number of carbonyl (C=O) groups excluding carboxylic acids is 1. The molecule has 2 rings (SSSR count). The lowest BCUT2D eigenvalue weighted by Crippen LogP contribution is -2.26. The van der Waals surface area contributed by atoms with Crippen molar-refractivity contribution in [1.29, 1.82) is 0 Å². The number of hydrogen-bond acceptors (Lipinski definition) is 2. The molecule has 0 unspecified atom stereocenters. The highest BCUT2D eigenvalue weighted by atomic mass is 16.1. The monoisotopic (exact) mass is 310 g/mol. The standard InChI is InChI=1S/C16H18N6O/c1-10-7-8-12(13(9-10)21-16(19)22-15(17)18)20-14(23)11-5-3-2-4-6-11/h2-9H,1H3,(H,20,23)(H6,17,18,19,21,22). The molecule has 118 valence electrons. The quantitative estimate of drug-likeness (QED) is 0.504. The van der Waals surface area contributed by atoms with Crippen molar-refractivity contribution in [3.8, 4) is 0 Å². The molecule has 0 radical (unpaired) electrons. The number of nitrogens with zero attached hydrogens (tertiary/aromatic N) is 2. The summed E-state index contributed by atoms with van der Waals surface area (Å²) in [5, 5.41) is 2.80. The molecule has 0 saturated heterocycles. The van der Waals surface area contributed by atoms with E-state index in [2.05, 4.69) is 15.3 Å². The van der Waals surface area contributed by atoms with E-state index in [-0.39, 0.29) is 17.8 Å². The molecule has 7 heteroatoms. The Morgan fingerprint density at radius 2 is 1.74 bits per heavy atom. The molecule has 0 bridgehead atoms. The Morgan fingerprint density at radius 3 is 2.39 bits per heavy atom. The second kappa shape index (κ2) is 7.08. The molecule has 23 heavy (non-hydrogen) atoms. The van der Waals surface area contributed by atoms with Crippen LogP contribution in [0.2, 0.25) is 0 Å². The molecular weight excluding hydrogens is 292 g/mol. The zero-order valence-corrected chi connectivity index (χ0v) is 12.7. The number of hydrogen-bond donors (Lipinski definition) is 4. The molecule has 7 nitrogen and oxygen atoms in total. The summed E-state index contributed by atoms with van der Waals surface area (Å²) < 4.78 is 0. The maximum atomic E-state index is 12.3. The van der Waals surface area contributed by atoms with Crippen LogP contribution in [0.3, 0.4) is 0 Å². The van der Waals surface area contributed by atoms with Crippen molar-refractivity contribution in [2.75, 3.05) is 5.32 Å². The van der Waals surface area contributed by atoms with Gasteiger partial charge in [0.15, 0.2) is 5.96 Å². The molecule has 0 fully saturated rings. The van der Waals surface area contributed by atoms with Gasteiger partial charge in [-0.15, -0.1) is 0 Å². The minimum absolute atomic E-state index is 0.0918. The molecule has 0 atom stereocenters. The maximum absolute atomic E-state index is 12.3. The summed E-state index contributed by atoms with van der Waals surface area (Å²) in [7, 11) is 0. The Bertz CT molecular complexity index is 763. The van der Waals surface area contributed by atoms with E-state index in [0.717, 1.165) is 5.56 Å². The fourth-order valence-corrected chi connectivity index (χ4v) is 1.90. The van der Waals surface area contributed by atoms with Crippen molar-refractivity contribution >= 4 is 29.2 Å². The average molecular weight is 310 g/mol. The van der Waals surface area contributed by atoms with Gasteiger partial charge < -0.3 is 22.5 Å². The fraction of sp³-hybridized carbons (Fsp3) is 0.0625. The lowest BCUT2D eigenvalue weighted by Gasteiger charge is -2.09. The second-order valence-electron chi connectivity index (χ2n) is 4.85. The van der Waals surface area contributed by atoms with Crippen LogP contribution in [0.4, 0.5) is 11.4 Å². The van der Waals surface area contributed by atoms with Crippen LogP contribution in [0, 0.1) is 6.92 Å². The Kier molecular flexibility index (Phi) is 4.93. The first-order chi connectivity index (χ1) is 11.0. The largest absolute Gasteiger partial charge is 0.370 e. The van der Waals surface area contributed by atoms with Gasteiger partial charge in [0.2, 0.25) is 5.96 Å². The molecule has 1 amide bonds. The number of nitrogens with two attached hydrogens (primary N) is 3. The third kappa shape index (κ3) is 4.57. The van der Waals surface area contributed by atoms with Crippen LogP contribution in [0.1, 0.15) is 15.9 Å². The number of carbonyl (C=O) groups is 1. The minimum Gasteiger partial charge on any atom is -0.370 e. The van der Waals surface area contributed by atoms with E-state index in [1.807, 2.05) is 19.1 Å². The summed E-state index contributed by atoms with van der Waals surface area (Å²) in [6.07, 6.45) is 0. The van der Waals surface area contributed by atoms with Crippen LogP contribution in [0.5, 0.6) is 0 Å². The van der Waals surface area contributed by atoms with Crippen LogP contribution in [-0.4, -0.2) is 17.8 Å². The van der Waals surface area contributed by atoms with E-state index in [0.29, 0.717) is 16.9 Å². The van der Waals surface area contributed by atoms with Gasteiger partial charge in [0.25, 0.3) is 5.91 Å². The molecule has 0 spiro atoms. The smallest absolute Gasteiger partial charge is 0.255 e. The van der Waals surface area contributed by atoms with Gasteiger partial charge in [-0.25, -0.2) is 4.99 Å². The van der Waals surface area contributed by atoms with Crippen molar-refractivity contribution in [3.63, 3.8) is 0 Å². The highest BCUT2D eigenvalue weighted by Crippen LogP contribution is 2.26. The van der Waals surface area contributed by atoms with E-state index < -0.39 is 0 Å². The summed E-state index contributed by atoms with van der Waals surface area (Å²) in [6.45, 7) is 1.90. The zero-order chi connectivity index (χ0) is 16.8. The van der Waals surface area contributed by atoms with E-state index in [1.165, 1.54) is 0 Å². The molecule has 0 aromatic heterocycles. The average Bonchev–Trinajstić information content (AvgIpc) is 2.50. The first-order valence-corrected chi connectivity index (χ1v) is 6.86. The first kappa shape index (κ1) is 16.0. The summed E-state index contributed by atoms with van der Waals surface area (Å²) in [5.74, 6) is -0.522. The van der Waals surface area contributed by atoms with Crippen LogP contribution in [0.25, 0.3) is 0 Å². The van der Waals surface area contributed by atoms with Crippen LogP contribution in [-0.2, 0) is 0 Å². The van der Waals surface area contributed by atoms with Crippen LogP contribution < -0.4 is 22.5 Å². The third-order valence-electron chi connectivity index (χ3n) is 2.92. The van der Waals surface area contributed by atoms with E-state index in [1.54, 1.807) is 36.4 Å². The maximum Gasteiger partial charge on any atom is 0.255 e. The molecule has 2 aromatic rings. The summed E-state index contributed by atoms with van der Waals surface area (Å²) in [4.78, 5) is 20.1. The molecule has 7 N–H and O–H groups in total. The molecule has 0 heterocycles. The van der Waals surface area contributed by atoms with Gasteiger partial charge in [0, 0.05) is 5.56 Å². The van der Waals surface area contributed by atoms with Crippen LogP contribution >= 0.6 is 0 Å². The normalized spacial score (nSPS) is 10.9. The SMILES string of the molecule is Cc1ccc(NC(=O)c2ccccc2)c(N=C(N)N=C(N)N)c1. The Balaban J connectivity index is 2.32. The van der Waals surface area contributed by atoms with Gasteiger partial charge in [-0.05, 0) is 36.8 Å². The van der Waals surface area contributed by atoms with Gasteiger partial charge in [-0.1, -0.05) is 24.3 Å². The fourth-order valence-electron chi connectivity index (χ4n) is 1.90. The molecule has 2 aromatic carbocycles. The van der Waals surface area contributed by atoms with Crippen LogP contribution in [0.15, 0.2) is 58.5 Å². The van der Waals surface area contributed by atoms with E-state index >= 15 is 0 Å². The minimum atomic E-state index is -0.244. The molecule has 0 saturated carbocycles. The highest BCUT2D eigenvalue weighted by molar-refractivity contribution is 6.06. The highest BCUT2D eigenvalue weighted by Gasteiger charge is 2.09. The number of aryl methyl sites for hydroxylation is 1. The Hall–Kier alpha value is -3.35. The summed E-state index contributed by atoms with van der Waals surface area (Å²) in [5.41, 5.74) is 18.7. The summed E-state index contributed by atoms with van der Waals surface area (Å²) in [6, 6.07) is 14.2. The van der Waals surface area contributed by atoms with Gasteiger partial charge in [0.1, 0.15) is 0 Å². The molecule has 0 aliphatic rings. The number of anilines is 1. The van der Waals surface area contributed by atoms with E-state index in [4.69, 9.17) is 17.2 Å². The second-order valence-corrected chi connectivity index (χ2v) is 4.85. The van der Waals surface area contributed by atoms with E-state index in [9.17, 15) is 4.79 Å². The number of guanidine groups is 2.